The van der Waals surface area contributed by atoms with Gasteiger partial charge < -0.3 is 11.5 Å². The summed E-state index contributed by atoms with van der Waals surface area (Å²) in [7, 11) is 2.08. The van der Waals surface area contributed by atoms with Gasteiger partial charge in [0, 0.05) is 28.3 Å². The van der Waals surface area contributed by atoms with Gasteiger partial charge >= 0.3 is 0 Å². The molecule has 0 radical (unpaired) electrons. The van der Waals surface area contributed by atoms with Gasteiger partial charge in [0.25, 0.3) is 0 Å². The summed E-state index contributed by atoms with van der Waals surface area (Å²) in [5, 5.41) is 19.3. The van der Waals surface area contributed by atoms with Gasteiger partial charge in [-0.05, 0) is 66.7 Å². The van der Waals surface area contributed by atoms with E-state index in [0.717, 1.165) is 39.2 Å². The Morgan fingerprint density at radius 2 is 1.59 bits per heavy atom. The first-order chi connectivity index (χ1) is 16.5. The molecular formula is C27H24N7+. The summed E-state index contributed by atoms with van der Waals surface area (Å²) in [4.78, 5) is 0. The average Bonchev–Trinajstić information content (AvgIpc) is 2.85. The Hall–Kier alpha value is -4.78. The van der Waals surface area contributed by atoms with Gasteiger partial charge in [-0.15, -0.1) is 5.11 Å². The number of benzene rings is 4. The standard InChI is InChI=1S/C27H23N7/c1-34-25-5-3-2-4-23(25)22-15-10-19(28)16-24(22)26(34)17-6-11-20(12-7-17)31-33-32-21-13-8-18(9-14-21)27(29)30/h2-16H,28H2,1H3,(H3,29,30)/p+1. The Morgan fingerprint density at radius 1 is 0.853 bits per heavy atom. The van der Waals surface area contributed by atoms with Crippen molar-refractivity contribution in [2.24, 2.45) is 23.1 Å². The SMILES string of the molecule is C[n+]1c(-c2ccc(N=NNc3ccc(C(=N)N)cc3)cc2)c2cc(N)ccc2c2ccccc21. The molecule has 34 heavy (non-hydrogen) atoms. The zero-order valence-electron chi connectivity index (χ0n) is 18.7. The van der Waals surface area contributed by atoms with Crippen molar-refractivity contribution in [1.29, 1.82) is 5.41 Å². The van der Waals surface area contributed by atoms with Crippen LogP contribution in [0.2, 0.25) is 0 Å². The van der Waals surface area contributed by atoms with Gasteiger partial charge in [0.05, 0.1) is 22.1 Å². The predicted molar refractivity (Wildman–Crippen MR) is 138 cm³/mol. The highest BCUT2D eigenvalue weighted by Crippen LogP contribution is 2.33. The van der Waals surface area contributed by atoms with Crippen LogP contribution in [0.4, 0.5) is 17.1 Å². The number of aromatic nitrogens is 1. The molecule has 7 nitrogen and oxygen atoms in total. The molecule has 0 saturated heterocycles. The van der Waals surface area contributed by atoms with Crippen molar-refractivity contribution in [3.05, 3.63) is 96.6 Å². The fraction of sp³-hybridized carbons (Fsp3) is 0.0370. The first-order valence-electron chi connectivity index (χ1n) is 10.8. The molecule has 0 aliphatic rings. The zero-order chi connectivity index (χ0) is 23.7. The molecule has 5 rings (SSSR count). The third kappa shape index (κ3) is 3.91. The van der Waals surface area contributed by atoms with Crippen LogP contribution < -0.4 is 21.5 Å². The van der Waals surface area contributed by atoms with Crippen LogP contribution in [0.1, 0.15) is 5.56 Å². The Kier molecular flexibility index (Phi) is 5.35. The predicted octanol–water partition coefficient (Wildman–Crippen LogP) is 5.46. The van der Waals surface area contributed by atoms with Gasteiger partial charge in [-0.25, -0.2) is 0 Å². The molecule has 4 aromatic carbocycles. The zero-order valence-corrected chi connectivity index (χ0v) is 18.7. The van der Waals surface area contributed by atoms with Crippen molar-refractivity contribution in [3.63, 3.8) is 0 Å². The molecule has 0 fully saturated rings. The number of rotatable bonds is 5. The summed E-state index contributed by atoms with van der Waals surface area (Å²) >= 11 is 0. The van der Waals surface area contributed by atoms with Crippen molar-refractivity contribution in [2.45, 2.75) is 0 Å². The quantitative estimate of drug-likeness (QED) is 0.0546. The van der Waals surface area contributed by atoms with Gasteiger partial charge in [0.2, 0.25) is 11.2 Å². The average molecular weight is 447 g/mol. The number of nitrogens with two attached hydrogens (primary N) is 2. The number of nitrogens with one attached hydrogen (secondary N) is 2. The molecule has 0 aliphatic carbocycles. The molecule has 166 valence electrons. The van der Waals surface area contributed by atoms with Gasteiger partial charge in [-0.3, -0.25) is 10.8 Å². The smallest absolute Gasteiger partial charge is 0.220 e. The topological polar surface area (TPSA) is 117 Å². The lowest BCUT2D eigenvalue weighted by Crippen LogP contribution is -2.32. The van der Waals surface area contributed by atoms with Crippen molar-refractivity contribution in [1.82, 2.24) is 0 Å². The second kappa shape index (κ2) is 8.63. The Labute approximate surface area is 196 Å². The highest BCUT2D eigenvalue weighted by molar-refractivity contribution is 6.09. The Morgan fingerprint density at radius 3 is 2.32 bits per heavy atom. The lowest BCUT2D eigenvalue weighted by Gasteiger charge is -2.10. The number of anilines is 2. The summed E-state index contributed by atoms with van der Waals surface area (Å²) in [6, 6.07) is 29.5. The fourth-order valence-corrected chi connectivity index (χ4v) is 4.19. The number of nitrogen functional groups attached to an aromatic ring is 2. The second-order valence-corrected chi connectivity index (χ2v) is 8.08. The summed E-state index contributed by atoms with van der Waals surface area (Å²) in [6.45, 7) is 0. The van der Waals surface area contributed by atoms with Gasteiger partial charge in [0.15, 0.2) is 0 Å². The molecule has 0 atom stereocenters. The van der Waals surface area contributed by atoms with Crippen LogP contribution in [0.25, 0.3) is 32.9 Å². The molecule has 1 aromatic heterocycles. The van der Waals surface area contributed by atoms with Gasteiger partial charge in [-0.1, -0.05) is 23.4 Å². The number of amidine groups is 1. The molecule has 0 saturated carbocycles. The maximum absolute atomic E-state index is 7.45. The lowest BCUT2D eigenvalue weighted by molar-refractivity contribution is -0.632. The third-order valence-electron chi connectivity index (χ3n) is 5.87. The van der Waals surface area contributed by atoms with E-state index in [1.54, 1.807) is 24.3 Å². The van der Waals surface area contributed by atoms with Crippen LogP contribution in [-0.2, 0) is 7.05 Å². The molecule has 0 aliphatic heterocycles. The van der Waals surface area contributed by atoms with E-state index in [2.05, 4.69) is 57.7 Å². The van der Waals surface area contributed by atoms with Crippen LogP contribution in [0.5, 0.6) is 0 Å². The van der Waals surface area contributed by atoms with Gasteiger partial charge in [0.1, 0.15) is 12.9 Å². The molecule has 7 heteroatoms. The number of fused-ring (bicyclic) bond motifs is 3. The minimum Gasteiger partial charge on any atom is -0.399 e. The van der Waals surface area contributed by atoms with Gasteiger partial charge in [-0.2, -0.15) is 4.57 Å². The first-order valence-corrected chi connectivity index (χ1v) is 10.8. The number of pyridine rings is 1. The highest BCUT2D eigenvalue weighted by Gasteiger charge is 2.20. The summed E-state index contributed by atoms with van der Waals surface area (Å²) in [5.74, 6) is 0.0311. The minimum absolute atomic E-state index is 0.0311. The van der Waals surface area contributed by atoms with Crippen molar-refractivity contribution in [3.8, 4) is 11.3 Å². The van der Waals surface area contributed by atoms with E-state index < -0.39 is 0 Å². The maximum Gasteiger partial charge on any atom is 0.220 e. The normalized spacial score (nSPS) is 11.3. The number of para-hydroxylation sites is 1. The lowest BCUT2D eigenvalue weighted by atomic mass is 9.98. The van der Waals surface area contributed by atoms with Crippen LogP contribution in [0.3, 0.4) is 0 Å². The highest BCUT2D eigenvalue weighted by atomic mass is 15.4. The molecule has 6 N–H and O–H groups in total. The molecule has 5 aromatic rings. The van der Waals surface area contributed by atoms with E-state index >= 15 is 0 Å². The van der Waals surface area contributed by atoms with E-state index in [1.807, 2.05) is 36.4 Å². The van der Waals surface area contributed by atoms with E-state index in [-0.39, 0.29) is 5.84 Å². The molecule has 0 spiro atoms. The number of nitrogens with zero attached hydrogens (tertiary/aromatic N) is 3. The van der Waals surface area contributed by atoms with Crippen molar-refractivity contribution in [2.75, 3.05) is 11.2 Å². The Bertz CT molecular complexity index is 1550. The largest absolute Gasteiger partial charge is 0.399 e. The molecule has 1 heterocycles. The fourth-order valence-electron chi connectivity index (χ4n) is 4.19. The molecule has 0 amide bonds. The maximum atomic E-state index is 7.45. The molecular weight excluding hydrogens is 422 g/mol. The van der Waals surface area contributed by atoms with E-state index in [4.69, 9.17) is 16.9 Å². The monoisotopic (exact) mass is 446 g/mol. The summed E-state index contributed by atoms with van der Waals surface area (Å²) in [6.07, 6.45) is 0. The van der Waals surface area contributed by atoms with Crippen molar-refractivity contribution < 1.29 is 4.57 Å². The molecule has 0 bridgehead atoms. The van der Waals surface area contributed by atoms with E-state index in [9.17, 15) is 0 Å². The summed E-state index contributed by atoms with van der Waals surface area (Å²) in [5.41, 5.74) is 20.7. The minimum atomic E-state index is 0.0311. The summed E-state index contributed by atoms with van der Waals surface area (Å²) < 4.78 is 2.21. The number of hydrogen-bond donors (Lipinski definition) is 4. The first kappa shape index (κ1) is 21.1. The van der Waals surface area contributed by atoms with E-state index in [1.165, 1.54) is 10.8 Å². The van der Waals surface area contributed by atoms with Crippen LogP contribution in [0, 0.1) is 5.41 Å². The Balaban J connectivity index is 1.46. The van der Waals surface area contributed by atoms with Crippen LogP contribution in [0.15, 0.2) is 101 Å². The second-order valence-electron chi connectivity index (χ2n) is 8.08. The van der Waals surface area contributed by atoms with Crippen LogP contribution in [-0.4, -0.2) is 5.84 Å². The third-order valence-corrected chi connectivity index (χ3v) is 5.87. The number of aryl methyl sites for hydroxylation is 1. The van der Waals surface area contributed by atoms with Crippen molar-refractivity contribution >= 4 is 44.6 Å². The molecule has 0 unspecified atom stereocenters. The number of hydrogen-bond acceptors (Lipinski definition) is 4. The van der Waals surface area contributed by atoms with Crippen LogP contribution >= 0.6 is 0 Å². The van der Waals surface area contributed by atoms with E-state index in [0.29, 0.717) is 5.56 Å².